The first-order chi connectivity index (χ1) is 11.0. The summed E-state index contributed by atoms with van der Waals surface area (Å²) in [6, 6.07) is 11.4. The third-order valence-electron chi connectivity index (χ3n) is 3.60. The van der Waals surface area contributed by atoms with Gasteiger partial charge in [-0.1, -0.05) is 18.2 Å². The SMILES string of the molecule is O=C1Cc2cc(C(=O)/C=C\c3ccc(C(=O)O)cc3)ccc2N1. The minimum absolute atomic E-state index is 0.0707. The molecular formula is C18H13NO4. The molecule has 1 heterocycles. The number of anilines is 1. The maximum absolute atomic E-state index is 12.2. The quantitative estimate of drug-likeness (QED) is 0.672. The number of hydrogen-bond acceptors (Lipinski definition) is 3. The van der Waals surface area contributed by atoms with Crippen molar-refractivity contribution >= 4 is 29.4 Å². The van der Waals surface area contributed by atoms with Gasteiger partial charge in [-0.2, -0.15) is 0 Å². The van der Waals surface area contributed by atoms with Crippen molar-refractivity contribution in [3.8, 4) is 0 Å². The highest BCUT2D eigenvalue weighted by Gasteiger charge is 2.18. The van der Waals surface area contributed by atoms with Crippen LogP contribution in [0.15, 0.2) is 48.5 Å². The van der Waals surface area contributed by atoms with E-state index < -0.39 is 5.97 Å². The van der Waals surface area contributed by atoms with Crippen molar-refractivity contribution in [1.82, 2.24) is 0 Å². The van der Waals surface area contributed by atoms with Gasteiger partial charge in [-0.3, -0.25) is 9.59 Å². The molecule has 0 unspecified atom stereocenters. The highest BCUT2D eigenvalue weighted by molar-refractivity contribution is 6.08. The number of carbonyl (C=O) groups excluding carboxylic acids is 2. The van der Waals surface area contributed by atoms with E-state index in [4.69, 9.17) is 5.11 Å². The Balaban J connectivity index is 1.75. The summed E-state index contributed by atoms with van der Waals surface area (Å²) in [5.74, 6) is -1.23. The Morgan fingerprint density at radius 2 is 1.74 bits per heavy atom. The van der Waals surface area contributed by atoms with E-state index in [0.29, 0.717) is 5.56 Å². The van der Waals surface area contributed by atoms with Crippen LogP contribution in [0.3, 0.4) is 0 Å². The van der Waals surface area contributed by atoms with E-state index in [1.165, 1.54) is 18.2 Å². The molecular weight excluding hydrogens is 294 g/mol. The molecule has 0 radical (unpaired) electrons. The number of rotatable bonds is 4. The van der Waals surface area contributed by atoms with Crippen molar-refractivity contribution < 1.29 is 19.5 Å². The van der Waals surface area contributed by atoms with Crippen molar-refractivity contribution in [2.75, 3.05) is 5.32 Å². The lowest BCUT2D eigenvalue weighted by Crippen LogP contribution is -2.03. The van der Waals surface area contributed by atoms with Crippen LogP contribution in [0.1, 0.15) is 31.8 Å². The van der Waals surface area contributed by atoms with Crippen LogP contribution >= 0.6 is 0 Å². The summed E-state index contributed by atoms with van der Waals surface area (Å²) in [4.78, 5) is 34.3. The number of carboxylic acid groups (broad SMARTS) is 1. The normalized spacial score (nSPS) is 13.0. The molecule has 1 aliphatic rings. The van der Waals surface area contributed by atoms with Crippen LogP contribution in [0.25, 0.3) is 6.08 Å². The monoisotopic (exact) mass is 307 g/mol. The largest absolute Gasteiger partial charge is 0.478 e. The molecule has 3 rings (SSSR count). The lowest BCUT2D eigenvalue weighted by atomic mass is 10.0. The molecule has 2 aromatic rings. The zero-order valence-electron chi connectivity index (χ0n) is 12.1. The summed E-state index contributed by atoms with van der Waals surface area (Å²) < 4.78 is 0. The predicted octanol–water partition coefficient (Wildman–Crippen LogP) is 2.78. The second-order valence-electron chi connectivity index (χ2n) is 5.22. The van der Waals surface area contributed by atoms with Crippen LogP contribution in [0.4, 0.5) is 5.69 Å². The molecule has 0 saturated carbocycles. The zero-order valence-corrected chi connectivity index (χ0v) is 12.1. The van der Waals surface area contributed by atoms with Crippen molar-refractivity contribution in [1.29, 1.82) is 0 Å². The third kappa shape index (κ3) is 3.18. The van der Waals surface area contributed by atoms with Gasteiger partial charge in [0.2, 0.25) is 5.91 Å². The summed E-state index contributed by atoms with van der Waals surface area (Å²) in [7, 11) is 0. The molecule has 0 aliphatic carbocycles. The van der Waals surface area contributed by atoms with E-state index in [9.17, 15) is 14.4 Å². The van der Waals surface area contributed by atoms with Gasteiger partial charge in [-0.25, -0.2) is 4.79 Å². The van der Waals surface area contributed by atoms with E-state index in [-0.39, 0.29) is 23.7 Å². The van der Waals surface area contributed by atoms with Crippen LogP contribution in [0.5, 0.6) is 0 Å². The van der Waals surface area contributed by atoms with Gasteiger partial charge in [0, 0.05) is 11.3 Å². The standard InChI is InChI=1S/C18H13NO4/c20-16(8-3-11-1-4-12(5-2-11)18(22)23)13-6-7-15-14(9-13)10-17(21)19-15/h1-9H,10H2,(H,19,21)(H,22,23)/b8-3-. The molecule has 0 atom stereocenters. The van der Waals surface area contributed by atoms with Gasteiger partial charge >= 0.3 is 5.97 Å². The number of carboxylic acids is 1. The Morgan fingerprint density at radius 1 is 1.04 bits per heavy atom. The fraction of sp³-hybridized carbons (Fsp3) is 0.0556. The molecule has 5 heteroatoms. The molecule has 23 heavy (non-hydrogen) atoms. The molecule has 0 saturated heterocycles. The molecule has 0 aromatic heterocycles. The average molecular weight is 307 g/mol. The smallest absolute Gasteiger partial charge is 0.335 e. The van der Waals surface area contributed by atoms with Gasteiger partial charge in [-0.05, 0) is 47.5 Å². The van der Waals surface area contributed by atoms with E-state index in [0.717, 1.165) is 16.8 Å². The topological polar surface area (TPSA) is 83.5 Å². The molecule has 114 valence electrons. The highest BCUT2D eigenvalue weighted by atomic mass is 16.4. The number of nitrogens with one attached hydrogen (secondary N) is 1. The fourth-order valence-corrected chi connectivity index (χ4v) is 2.39. The molecule has 0 fully saturated rings. The van der Waals surface area contributed by atoms with Crippen molar-refractivity contribution in [3.05, 3.63) is 70.8 Å². The molecule has 1 aliphatic heterocycles. The van der Waals surface area contributed by atoms with Crippen LogP contribution < -0.4 is 5.32 Å². The number of ketones is 1. The molecule has 2 N–H and O–H groups in total. The first-order valence-electron chi connectivity index (χ1n) is 7.01. The number of hydrogen-bond donors (Lipinski definition) is 2. The number of allylic oxidation sites excluding steroid dienone is 1. The number of aromatic carboxylic acids is 1. The van der Waals surface area contributed by atoms with Crippen molar-refractivity contribution in [2.45, 2.75) is 6.42 Å². The first kappa shape index (κ1) is 14.7. The van der Waals surface area contributed by atoms with Crippen LogP contribution in [-0.2, 0) is 11.2 Å². The van der Waals surface area contributed by atoms with Crippen molar-refractivity contribution in [3.63, 3.8) is 0 Å². The van der Waals surface area contributed by atoms with Gasteiger partial charge in [-0.15, -0.1) is 0 Å². The third-order valence-corrected chi connectivity index (χ3v) is 3.60. The van der Waals surface area contributed by atoms with Crippen LogP contribution in [-0.4, -0.2) is 22.8 Å². The van der Waals surface area contributed by atoms with E-state index >= 15 is 0 Å². The van der Waals surface area contributed by atoms with Gasteiger partial charge in [0.25, 0.3) is 0 Å². The molecule has 5 nitrogen and oxygen atoms in total. The minimum atomic E-state index is -0.988. The lowest BCUT2D eigenvalue weighted by Gasteiger charge is -2.01. The minimum Gasteiger partial charge on any atom is -0.478 e. The van der Waals surface area contributed by atoms with Crippen LogP contribution in [0, 0.1) is 0 Å². The van der Waals surface area contributed by atoms with Gasteiger partial charge in [0.05, 0.1) is 12.0 Å². The summed E-state index contributed by atoms with van der Waals surface area (Å²) in [5.41, 5.74) is 3.02. The Kier molecular flexibility index (Phi) is 3.76. The average Bonchev–Trinajstić information content (AvgIpc) is 2.92. The molecule has 0 spiro atoms. The number of benzene rings is 2. The van der Waals surface area contributed by atoms with Gasteiger partial charge in [0.1, 0.15) is 0 Å². The molecule has 0 bridgehead atoms. The molecule has 1 amide bonds. The Bertz CT molecular complexity index is 835. The number of carbonyl (C=O) groups is 3. The summed E-state index contributed by atoms with van der Waals surface area (Å²) >= 11 is 0. The summed E-state index contributed by atoms with van der Waals surface area (Å²) in [6.07, 6.45) is 3.35. The highest BCUT2D eigenvalue weighted by Crippen LogP contribution is 2.24. The Hall–Kier alpha value is -3.21. The molecule has 2 aromatic carbocycles. The Morgan fingerprint density at radius 3 is 2.43 bits per heavy atom. The van der Waals surface area contributed by atoms with Crippen molar-refractivity contribution in [2.24, 2.45) is 0 Å². The number of fused-ring (bicyclic) bond motifs is 1. The lowest BCUT2D eigenvalue weighted by molar-refractivity contribution is -0.115. The zero-order chi connectivity index (χ0) is 16.4. The maximum Gasteiger partial charge on any atom is 0.335 e. The van der Waals surface area contributed by atoms with E-state index in [1.807, 2.05) is 0 Å². The second kappa shape index (κ2) is 5.88. The Labute approximate surface area is 132 Å². The van der Waals surface area contributed by atoms with Gasteiger partial charge in [0.15, 0.2) is 5.78 Å². The predicted molar refractivity (Wildman–Crippen MR) is 85.5 cm³/mol. The van der Waals surface area contributed by atoms with E-state index in [1.54, 1.807) is 36.4 Å². The summed E-state index contributed by atoms with van der Waals surface area (Å²) in [5, 5.41) is 11.6. The summed E-state index contributed by atoms with van der Waals surface area (Å²) in [6.45, 7) is 0. The fourth-order valence-electron chi connectivity index (χ4n) is 2.39. The van der Waals surface area contributed by atoms with Gasteiger partial charge < -0.3 is 10.4 Å². The maximum atomic E-state index is 12.2. The van der Waals surface area contributed by atoms with E-state index in [2.05, 4.69) is 5.32 Å². The number of amides is 1. The second-order valence-corrected chi connectivity index (χ2v) is 5.22. The first-order valence-corrected chi connectivity index (χ1v) is 7.01. The van der Waals surface area contributed by atoms with Crippen LogP contribution in [0.2, 0.25) is 0 Å².